The first-order valence-corrected chi connectivity index (χ1v) is 6.93. The third kappa shape index (κ3) is 2.54. The second-order valence-electron chi connectivity index (χ2n) is 5.18. The van der Waals surface area contributed by atoms with Gasteiger partial charge in [0.2, 0.25) is 0 Å². The van der Waals surface area contributed by atoms with Gasteiger partial charge < -0.3 is 4.57 Å². The lowest BCUT2D eigenvalue weighted by Gasteiger charge is -2.24. The fourth-order valence-electron chi connectivity index (χ4n) is 1.96. The number of hydrogen-bond acceptors (Lipinski definition) is 2. The summed E-state index contributed by atoms with van der Waals surface area (Å²) < 4.78 is 29.0. The number of rotatable bonds is 2. The summed E-state index contributed by atoms with van der Waals surface area (Å²) in [6, 6.07) is 4.05. The van der Waals surface area contributed by atoms with E-state index in [4.69, 9.17) is 0 Å². The molecule has 0 saturated carbocycles. The van der Waals surface area contributed by atoms with Gasteiger partial charge in [0, 0.05) is 5.54 Å². The molecular weight excluding hydrogens is 316 g/mol. The van der Waals surface area contributed by atoms with Crippen molar-refractivity contribution >= 4 is 15.9 Å². The lowest BCUT2D eigenvalue weighted by molar-refractivity contribution is 0.389. The minimum atomic E-state index is -0.901. The van der Waals surface area contributed by atoms with E-state index in [2.05, 4.69) is 26.1 Å². The maximum absolute atomic E-state index is 13.9. The summed E-state index contributed by atoms with van der Waals surface area (Å²) in [5.74, 6) is -0.784. The first-order chi connectivity index (χ1) is 8.86. The molecule has 0 saturated heterocycles. The van der Waals surface area contributed by atoms with Gasteiger partial charge in [-0.3, -0.25) is 0 Å². The molecule has 0 amide bonds. The molecule has 1 aromatic carbocycles. The Morgan fingerprint density at radius 3 is 2.47 bits per heavy atom. The van der Waals surface area contributed by atoms with Gasteiger partial charge >= 0.3 is 0 Å². The number of halogens is 3. The summed E-state index contributed by atoms with van der Waals surface area (Å²) in [4.78, 5) is 0. The van der Waals surface area contributed by atoms with Crippen LogP contribution in [0.3, 0.4) is 0 Å². The van der Waals surface area contributed by atoms with Gasteiger partial charge in [-0.1, -0.05) is 22.0 Å². The Bertz CT molecular complexity index is 602. The smallest absolute Gasteiger partial charge is 0.169 e. The molecule has 0 spiro atoms. The predicted octanol–water partition coefficient (Wildman–Crippen LogP) is 3.87. The normalized spacial score (nSPS) is 11.9. The second kappa shape index (κ2) is 5.00. The van der Waals surface area contributed by atoms with Gasteiger partial charge in [-0.2, -0.15) is 0 Å². The molecule has 1 heterocycles. The third-order valence-electron chi connectivity index (χ3n) is 2.71. The van der Waals surface area contributed by atoms with E-state index in [-0.39, 0.29) is 11.1 Å². The maximum atomic E-state index is 13.9. The van der Waals surface area contributed by atoms with Crippen molar-refractivity contribution in [3.8, 4) is 11.4 Å². The molecule has 0 fully saturated rings. The SMILES string of the molecule is CC(C)(C)n1c(CBr)nnc1-c1cccc(F)c1F. The van der Waals surface area contributed by atoms with Gasteiger partial charge in [-0.15, -0.1) is 10.2 Å². The van der Waals surface area contributed by atoms with Crippen molar-refractivity contribution in [3.63, 3.8) is 0 Å². The quantitative estimate of drug-likeness (QED) is 0.783. The highest BCUT2D eigenvalue weighted by Crippen LogP contribution is 2.29. The first kappa shape index (κ1) is 14.1. The molecule has 0 aliphatic rings. The van der Waals surface area contributed by atoms with E-state index in [9.17, 15) is 8.78 Å². The topological polar surface area (TPSA) is 30.7 Å². The van der Waals surface area contributed by atoms with E-state index in [1.165, 1.54) is 12.1 Å². The monoisotopic (exact) mass is 329 g/mol. The zero-order valence-corrected chi connectivity index (χ0v) is 12.5. The molecule has 0 radical (unpaired) electrons. The number of benzene rings is 1. The zero-order valence-electron chi connectivity index (χ0n) is 10.9. The predicted molar refractivity (Wildman–Crippen MR) is 73.0 cm³/mol. The Kier molecular flexibility index (Phi) is 3.71. The largest absolute Gasteiger partial charge is 0.305 e. The fraction of sp³-hybridized carbons (Fsp3) is 0.385. The van der Waals surface area contributed by atoms with Crippen LogP contribution in [-0.2, 0) is 10.9 Å². The average molecular weight is 330 g/mol. The van der Waals surface area contributed by atoms with Crippen LogP contribution in [0.25, 0.3) is 11.4 Å². The molecule has 19 heavy (non-hydrogen) atoms. The minimum absolute atomic E-state index is 0.120. The summed E-state index contributed by atoms with van der Waals surface area (Å²) in [5, 5.41) is 8.52. The molecule has 0 aliphatic heterocycles. The summed E-state index contributed by atoms with van der Waals surface area (Å²) in [5.41, 5.74) is -0.213. The Morgan fingerprint density at radius 1 is 1.21 bits per heavy atom. The van der Waals surface area contributed by atoms with Gasteiger partial charge in [0.05, 0.1) is 10.9 Å². The highest BCUT2D eigenvalue weighted by molar-refractivity contribution is 9.08. The average Bonchev–Trinajstić information content (AvgIpc) is 2.76. The molecule has 3 nitrogen and oxygen atoms in total. The lowest BCUT2D eigenvalue weighted by Crippen LogP contribution is -2.25. The van der Waals surface area contributed by atoms with Crippen LogP contribution < -0.4 is 0 Å². The fourth-order valence-corrected chi connectivity index (χ4v) is 2.32. The molecule has 0 N–H and O–H groups in total. The lowest BCUT2D eigenvalue weighted by atomic mass is 10.1. The molecule has 0 atom stereocenters. The van der Waals surface area contributed by atoms with Crippen LogP contribution in [0.5, 0.6) is 0 Å². The Hall–Kier alpha value is -1.30. The summed E-state index contributed by atoms with van der Waals surface area (Å²) >= 11 is 3.33. The molecular formula is C13H14BrF2N3. The standard InChI is InChI=1S/C13H14BrF2N3/c1-13(2,3)19-10(7-14)17-18-12(19)8-5-4-6-9(15)11(8)16/h4-6H,7H2,1-3H3. The van der Waals surface area contributed by atoms with E-state index < -0.39 is 11.6 Å². The zero-order chi connectivity index (χ0) is 14.2. The van der Waals surface area contributed by atoms with E-state index in [0.717, 1.165) is 6.07 Å². The molecule has 0 unspecified atom stereocenters. The molecule has 2 rings (SSSR count). The van der Waals surface area contributed by atoms with Gasteiger partial charge in [-0.05, 0) is 32.9 Å². The van der Waals surface area contributed by atoms with E-state index >= 15 is 0 Å². The van der Waals surface area contributed by atoms with Crippen molar-refractivity contribution in [1.29, 1.82) is 0 Å². The highest BCUT2D eigenvalue weighted by Gasteiger charge is 2.25. The highest BCUT2D eigenvalue weighted by atomic mass is 79.9. The molecule has 1 aromatic heterocycles. The number of hydrogen-bond donors (Lipinski definition) is 0. The van der Waals surface area contributed by atoms with Crippen molar-refractivity contribution in [2.24, 2.45) is 0 Å². The van der Waals surface area contributed by atoms with Crippen LogP contribution in [0.15, 0.2) is 18.2 Å². The van der Waals surface area contributed by atoms with Gasteiger partial charge in [-0.25, -0.2) is 8.78 Å². The minimum Gasteiger partial charge on any atom is -0.305 e. The molecule has 0 bridgehead atoms. The summed E-state index contributed by atoms with van der Waals surface area (Å²) in [6.07, 6.45) is 0. The first-order valence-electron chi connectivity index (χ1n) is 5.81. The van der Waals surface area contributed by atoms with Crippen molar-refractivity contribution in [2.75, 3.05) is 0 Å². The number of nitrogens with zero attached hydrogens (tertiary/aromatic N) is 3. The van der Waals surface area contributed by atoms with Crippen LogP contribution in [0, 0.1) is 11.6 Å². The van der Waals surface area contributed by atoms with Crippen LogP contribution >= 0.6 is 15.9 Å². The van der Waals surface area contributed by atoms with E-state index in [1.54, 1.807) is 4.57 Å². The van der Waals surface area contributed by atoms with Crippen molar-refractivity contribution < 1.29 is 8.78 Å². The second-order valence-corrected chi connectivity index (χ2v) is 5.74. The Morgan fingerprint density at radius 2 is 1.89 bits per heavy atom. The van der Waals surface area contributed by atoms with E-state index in [0.29, 0.717) is 17.0 Å². The van der Waals surface area contributed by atoms with Crippen LogP contribution in [0.4, 0.5) is 8.78 Å². The van der Waals surface area contributed by atoms with Gasteiger partial charge in [0.1, 0.15) is 5.82 Å². The number of aromatic nitrogens is 3. The van der Waals surface area contributed by atoms with E-state index in [1.807, 2.05) is 20.8 Å². The van der Waals surface area contributed by atoms with Crippen molar-refractivity contribution in [2.45, 2.75) is 31.6 Å². The number of alkyl halides is 1. The summed E-state index contributed by atoms with van der Waals surface area (Å²) in [7, 11) is 0. The maximum Gasteiger partial charge on any atom is 0.169 e. The van der Waals surface area contributed by atoms with Crippen molar-refractivity contribution in [1.82, 2.24) is 14.8 Å². The van der Waals surface area contributed by atoms with Crippen LogP contribution in [0.2, 0.25) is 0 Å². The van der Waals surface area contributed by atoms with Crippen LogP contribution in [0.1, 0.15) is 26.6 Å². The Labute approximate surface area is 118 Å². The molecule has 0 aliphatic carbocycles. The summed E-state index contributed by atoms with van der Waals surface area (Å²) in [6.45, 7) is 5.88. The van der Waals surface area contributed by atoms with Gasteiger partial charge in [0.25, 0.3) is 0 Å². The third-order valence-corrected chi connectivity index (χ3v) is 3.21. The van der Waals surface area contributed by atoms with Crippen LogP contribution in [-0.4, -0.2) is 14.8 Å². The Balaban J connectivity index is 2.70. The molecule has 6 heteroatoms. The molecule has 102 valence electrons. The molecule has 2 aromatic rings. The van der Waals surface area contributed by atoms with Gasteiger partial charge in [0.15, 0.2) is 17.5 Å². The van der Waals surface area contributed by atoms with Crippen molar-refractivity contribution in [3.05, 3.63) is 35.7 Å².